The van der Waals surface area contributed by atoms with Gasteiger partial charge in [-0.2, -0.15) is 0 Å². The summed E-state index contributed by atoms with van der Waals surface area (Å²) in [5, 5.41) is 0. The molecule has 4 atom stereocenters. The number of carbonyl (C=O) groups is 2. The molecule has 0 aliphatic carbocycles. The molecular formula is C23H24N4O3. The van der Waals surface area contributed by atoms with E-state index in [1.54, 1.807) is 24.2 Å². The van der Waals surface area contributed by atoms with Crippen LogP contribution in [0.3, 0.4) is 0 Å². The molecule has 7 nitrogen and oxygen atoms in total. The maximum absolute atomic E-state index is 13.4. The lowest BCUT2D eigenvalue weighted by Crippen LogP contribution is -2.44. The Balaban J connectivity index is 1.36. The van der Waals surface area contributed by atoms with Crippen molar-refractivity contribution in [2.24, 2.45) is 11.8 Å². The Kier molecular flexibility index (Phi) is 4.43. The minimum absolute atomic E-state index is 0.00265. The molecule has 5 rings (SSSR count). The highest BCUT2D eigenvalue weighted by atomic mass is 16.5. The van der Waals surface area contributed by atoms with E-state index in [9.17, 15) is 9.59 Å². The zero-order chi connectivity index (χ0) is 20.9. The first-order chi connectivity index (χ1) is 14.5. The molecule has 154 valence electrons. The fraction of sp³-hybridized carbons (Fsp3) is 0.391. The average Bonchev–Trinajstić information content (AvgIpc) is 3.37. The third-order valence-electron chi connectivity index (χ3n) is 6.34. The van der Waals surface area contributed by atoms with E-state index >= 15 is 0 Å². The summed E-state index contributed by atoms with van der Waals surface area (Å²) in [6.45, 7) is 3.42. The van der Waals surface area contributed by atoms with Crippen molar-refractivity contribution in [3.05, 3.63) is 71.8 Å². The normalized spacial score (nSPS) is 28.8. The Morgan fingerprint density at radius 1 is 1.37 bits per heavy atom. The highest BCUT2D eigenvalue weighted by molar-refractivity contribution is 5.93. The van der Waals surface area contributed by atoms with Gasteiger partial charge >= 0.3 is 0 Å². The Bertz CT molecular complexity index is 1020. The first-order valence-electron chi connectivity index (χ1n) is 10.2. The molecule has 1 aromatic heterocycles. The number of hydrogen-bond donors (Lipinski definition) is 0. The second-order valence-electron chi connectivity index (χ2n) is 8.48. The van der Waals surface area contributed by atoms with Crippen molar-refractivity contribution in [3.8, 4) is 0 Å². The van der Waals surface area contributed by atoms with E-state index < -0.39 is 17.4 Å². The van der Waals surface area contributed by atoms with E-state index in [-0.39, 0.29) is 17.9 Å². The fourth-order valence-corrected chi connectivity index (χ4v) is 5.01. The number of amides is 2. The van der Waals surface area contributed by atoms with Gasteiger partial charge in [0.2, 0.25) is 11.8 Å². The summed E-state index contributed by atoms with van der Waals surface area (Å²) in [6, 6.07) is 9.94. The topological polar surface area (TPSA) is 75.6 Å². The van der Waals surface area contributed by atoms with E-state index in [1.807, 2.05) is 42.2 Å². The minimum atomic E-state index is -0.693. The van der Waals surface area contributed by atoms with Gasteiger partial charge in [0.25, 0.3) is 0 Å². The summed E-state index contributed by atoms with van der Waals surface area (Å²) in [7, 11) is 1.75. The van der Waals surface area contributed by atoms with Gasteiger partial charge in [-0.25, -0.2) is 9.97 Å². The van der Waals surface area contributed by atoms with E-state index in [0.717, 1.165) is 16.8 Å². The van der Waals surface area contributed by atoms with Gasteiger partial charge in [0, 0.05) is 19.8 Å². The largest absolute Gasteiger partial charge is 0.360 e. The molecule has 2 fully saturated rings. The van der Waals surface area contributed by atoms with Gasteiger partial charge < -0.3 is 14.5 Å². The Labute approximate surface area is 175 Å². The van der Waals surface area contributed by atoms with Crippen molar-refractivity contribution < 1.29 is 14.3 Å². The summed E-state index contributed by atoms with van der Waals surface area (Å²) in [5.74, 6) is -1.06. The lowest BCUT2D eigenvalue weighted by atomic mass is 9.76. The molecule has 0 saturated carbocycles. The van der Waals surface area contributed by atoms with Crippen LogP contribution in [0.15, 0.2) is 55.0 Å². The van der Waals surface area contributed by atoms with Gasteiger partial charge in [-0.05, 0) is 18.6 Å². The Morgan fingerprint density at radius 3 is 3.00 bits per heavy atom. The van der Waals surface area contributed by atoms with Crippen LogP contribution in [-0.2, 0) is 27.4 Å². The first-order valence-corrected chi connectivity index (χ1v) is 10.2. The number of benzene rings is 1. The minimum Gasteiger partial charge on any atom is -0.360 e. The molecule has 0 radical (unpaired) electrons. The lowest BCUT2D eigenvalue weighted by Gasteiger charge is -2.27. The predicted octanol–water partition coefficient (Wildman–Crippen LogP) is 1.73. The number of fused-ring (bicyclic) bond motifs is 1. The Morgan fingerprint density at radius 2 is 2.23 bits per heavy atom. The maximum atomic E-state index is 13.4. The number of nitrogens with zero attached hydrogens (tertiary/aromatic N) is 4. The van der Waals surface area contributed by atoms with Crippen molar-refractivity contribution in [2.45, 2.75) is 31.7 Å². The number of hydrogen-bond acceptors (Lipinski definition) is 5. The second-order valence-corrected chi connectivity index (χ2v) is 8.48. The number of carbonyl (C=O) groups excluding carboxylic acids is 2. The van der Waals surface area contributed by atoms with Gasteiger partial charge in [0.05, 0.1) is 36.7 Å². The first kappa shape index (κ1) is 18.9. The molecule has 30 heavy (non-hydrogen) atoms. The van der Waals surface area contributed by atoms with Crippen molar-refractivity contribution in [1.29, 1.82) is 0 Å². The summed E-state index contributed by atoms with van der Waals surface area (Å²) in [5.41, 5.74) is 2.31. The van der Waals surface area contributed by atoms with Crippen LogP contribution in [0.4, 0.5) is 0 Å². The van der Waals surface area contributed by atoms with E-state index in [0.29, 0.717) is 19.6 Å². The maximum Gasteiger partial charge on any atom is 0.230 e. The summed E-state index contributed by atoms with van der Waals surface area (Å²) < 4.78 is 6.23. The quantitative estimate of drug-likeness (QED) is 0.710. The van der Waals surface area contributed by atoms with Crippen LogP contribution in [0.1, 0.15) is 16.8 Å². The molecule has 3 aliphatic heterocycles. The van der Waals surface area contributed by atoms with E-state index in [1.165, 1.54) is 6.33 Å². The smallest absolute Gasteiger partial charge is 0.230 e. The summed E-state index contributed by atoms with van der Waals surface area (Å²) in [4.78, 5) is 38.3. The van der Waals surface area contributed by atoms with Crippen molar-refractivity contribution in [3.63, 3.8) is 0 Å². The van der Waals surface area contributed by atoms with Crippen LogP contribution < -0.4 is 0 Å². The lowest BCUT2D eigenvalue weighted by molar-refractivity contribution is -0.142. The van der Waals surface area contributed by atoms with Crippen LogP contribution in [0, 0.1) is 18.8 Å². The molecule has 0 N–H and O–H groups in total. The van der Waals surface area contributed by atoms with Gasteiger partial charge in [0.15, 0.2) is 0 Å². The highest BCUT2D eigenvalue weighted by Gasteiger charge is 2.67. The SMILES string of the molecule is Cc1cccc(CN2C[C@@]34C=C[C@@H](O3)C(C(=O)N(C)Cc3ccncn3)C4C2=O)c1. The molecule has 1 spiro atoms. The standard InChI is InChI=1S/C23H24N4O3/c1-15-4-3-5-16(10-15)11-27-13-23-8-6-18(30-23)19(20(23)22(27)29)21(28)26(2)12-17-7-9-24-14-25-17/h3-10,14,18-20H,11-13H2,1-2H3/t18-,19?,20?,23-/m1/s1. The molecule has 2 aromatic rings. The molecule has 3 aliphatic rings. The molecule has 2 saturated heterocycles. The summed E-state index contributed by atoms with van der Waals surface area (Å²) >= 11 is 0. The van der Waals surface area contributed by atoms with Crippen LogP contribution in [-0.4, -0.2) is 56.9 Å². The second kappa shape index (κ2) is 7.02. The monoisotopic (exact) mass is 404 g/mol. The van der Waals surface area contributed by atoms with Gasteiger partial charge in [0.1, 0.15) is 11.9 Å². The predicted molar refractivity (Wildman–Crippen MR) is 109 cm³/mol. The van der Waals surface area contributed by atoms with Crippen LogP contribution in [0.5, 0.6) is 0 Å². The molecule has 2 amide bonds. The molecule has 1 aromatic carbocycles. The number of likely N-dealkylation sites (tertiary alicyclic amines) is 1. The average molecular weight is 404 g/mol. The third-order valence-corrected chi connectivity index (χ3v) is 6.34. The number of rotatable bonds is 5. The van der Waals surface area contributed by atoms with E-state index in [4.69, 9.17) is 4.74 Å². The fourth-order valence-electron chi connectivity index (χ4n) is 5.01. The van der Waals surface area contributed by atoms with Crippen LogP contribution >= 0.6 is 0 Å². The van der Waals surface area contributed by atoms with E-state index in [2.05, 4.69) is 16.0 Å². The van der Waals surface area contributed by atoms with Gasteiger partial charge in [-0.3, -0.25) is 9.59 Å². The number of aryl methyl sites for hydroxylation is 1. The number of aromatic nitrogens is 2. The molecular weight excluding hydrogens is 380 g/mol. The van der Waals surface area contributed by atoms with Gasteiger partial charge in [-0.1, -0.05) is 42.0 Å². The third kappa shape index (κ3) is 3.01. The number of ether oxygens (including phenoxy) is 1. The zero-order valence-corrected chi connectivity index (χ0v) is 17.1. The van der Waals surface area contributed by atoms with Crippen molar-refractivity contribution >= 4 is 11.8 Å². The van der Waals surface area contributed by atoms with Crippen LogP contribution in [0.25, 0.3) is 0 Å². The zero-order valence-electron chi connectivity index (χ0n) is 17.1. The Hall–Kier alpha value is -3.06. The van der Waals surface area contributed by atoms with Crippen molar-refractivity contribution in [2.75, 3.05) is 13.6 Å². The molecule has 7 heteroatoms. The molecule has 2 unspecified atom stereocenters. The van der Waals surface area contributed by atoms with Crippen molar-refractivity contribution in [1.82, 2.24) is 19.8 Å². The summed E-state index contributed by atoms with van der Waals surface area (Å²) in [6.07, 6.45) is 6.71. The highest BCUT2D eigenvalue weighted by Crippen LogP contribution is 2.52. The van der Waals surface area contributed by atoms with Crippen LogP contribution in [0.2, 0.25) is 0 Å². The molecule has 2 bridgehead atoms. The van der Waals surface area contributed by atoms with Gasteiger partial charge in [-0.15, -0.1) is 0 Å². The molecule has 4 heterocycles.